The molecule has 0 amide bonds. The Bertz CT molecular complexity index is 3500. The zero-order valence-electron chi connectivity index (χ0n) is 30.3. The Balaban J connectivity index is 1.12. The maximum atomic E-state index is 6.25. The van der Waals surface area contributed by atoms with Gasteiger partial charge in [-0.05, 0) is 95.7 Å². The first kappa shape index (κ1) is 30.9. The molecule has 0 spiro atoms. The van der Waals surface area contributed by atoms with E-state index in [4.69, 9.17) is 4.42 Å². The minimum atomic E-state index is 0.891. The molecule has 56 heavy (non-hydrogen) atoms. The van der Waals surface area contributed by atoms with E-state index in [-0.39, 0.29) is 0 Å². The Kier molecular flexibility index (Phi) is 6.60. The van der Waals surface area contributed by atoms with Gasteiger partial charge in [0.2, 0.25) is 0 Å². The normalized spacial score (nSPS) is 11.9. The molecule has 0 atom stereocenters. The highest BCUT2D eigenvalue weighted by Gasteiger charge is 2.23. The quantitative estimate of drug-likeness (QED) is 0.177. The average Bonchev–Trinajstić information content (AvgIpc) is 3.91. The smallest absolute Gasteiger partial charge is 0.135 e. The lowest BCUT2D eigenvalue weighted by atomic mass is 10.1. The van der Waals surface area contributed by atoms with Crippen LogP contribution < -0.4 is 4.90 Å². The fourth-order valence-corrected chi connectivity index (χ4v) is 9.01. The van der Waals surface area contributed by atoms with Crippen molar-refractivity contribution in [1.29, 1.82) is 0 Å². The molecule has 4 heteroatoms. The Morgan fingerprint density at radius 1 is 0.339 bits per heavy atom. The van der Waals surface area contributed by atoms with E-state index in [9.17, 15) is 0 Å². The van der Waals surface area contributed by atoms with Crippen LogP contribution in [0.3, 0.4) is 0 Å². The van der Waals surface area contributed by atoms with Crippen LogP contribution in [0.2, 0.25) is 0 Å². The largest absolute Gasteiger partial charge is 0.456 e. The van der Waals surface area contributed by atoms with Crippen LogP contribution in [0.25, 0.3) is 87.7 Å². The second-order valence-electron chi connectivity index (χ2n) is 14.6. The minimum absolute atomic E-state index is 0.891. The number of rotatable bonds is 5. The Morgan fingerprint density at radius 3 is 1.84 bits per heavy atom. The van der Waals surface area contributed by atoms with Gasteiger partial charge in [0.25, 0.3) is 0 Å². The number of nitrogens with zero attached hydrogens (tertiary/aromatic N) is 3. The third-order valence-corrected chi connectivity index (χ3v) is 11.5. The van der Waals surface area contributed by atoms with Gasteiger partial charge >= 0.3 is 0 Å². The zero-order chi connectivity index (χ0) is 36.7. The minimum Gasteiger partial charge on any atom is -0.456 e. The van der Waals surface area contributed by atoms with E-state index < -0.39 is 0 Å². The van der Waals surface area contributed by atoms with Gasteiger partial charge in [-0.2, -0.15) is 0 Å². The van der Waals surface area contributed by atoms with E-state index in [0.29, 0.717) is 0 Å². The van der Waals surface area contributed by atoms with Crippen LogP contribution in [0.1, 0.15) is 0 Å². The summed E-state index contributed by atoms with van der Waals surface area (Å²) in [6.45, 7) is 0. The van der Waals surface area contributed by atoms with Crippen LogP contribution >= 0.6 is 0 Å². The number of furan rings is 1. The summed E-state index contributed by atoms with van der Waals surface area (Å²) in [5.74, 6) is 0. The van der Waals surface area contributed by atoms with Crippen molar-refractivity contribution in [1.82, 2.24) is 9.13 Å². The van der Waals surface area contributed by atoms with Crippen LogP contribution in [0, 0.1) is 0 Å². The molecule has 0 bridgehead atoms. The molecule has 0 fully saturated rings. The van der Waals surface area contributed by atoms with Gasteiger partial charge in [-0.25, -0.2) is 0 Å². The van der Waals surface area contributed by atoms with E-state index in [1.807, 2.05) is 12.1 Å². The van der Waals surface area contributed by atoms with Crippen molar-refractivity contribution < 1.29 is 4.42 Å². The molecule has 12 aromatic rings. The standard InChI is InChI=1S/C52H33N3O/c1-2-15-36(16-3-1)53(47-22-12-23-48-52(47)43-19-7-10-21-46(43)54(48)37-26-25-34-13-4-5-14-35(34)31-37)39-27-29-41-40-17-6-9-20-45(40)55(49(41)33-39)38-28-30-51-44(32-38)42-18-8-11-24-50(42)56-51/h1-33H. The highest BCUT2D eigenvalue weighted by atomic mass is 16.3. The highest BCUT2D eigenvalue weighted by Crippen LogP contribution is 2.45. The lowest BCUT2D eigenvalue weighted by molar-refractivity contribution is 0.669. The number of aromatic nitrogens is 2. The average molecular weight is 716 g/mol. The number of para-hydroxylation sites is 4. The van der Waals surface area contributed by atoms with E-state index in [0.717, 1.165) is 61.4 Å². The van der Waals surface area contributed by atoms with Gasteiger partial charge in [-0.3, -0.25) is 0 Å². The molecular weight excluding hydrogens is 683 g/mol. The summed E-state index contributed by atoms with van der Waals surface area (Å²) in [6.07, 6.45) is 0. The Morgan fingerprint density at radius 2 is 0.964 bits per heavy atom. The summed E-state index contributed by atoms with van der Waals surface area (Å²) in [5.41, 5.74) is 12.0. The van der Waals surface area contributed by atoms with Crippen LogP contribution in [-0.2, 0) is 0 Å². The molecule has 0 aliphatic heterocycles. The summed E-state index contributed by atoms with van der Waals surface area (Å²) in [7, 11) is 0. The Hall–Kier alpha value is -7.56. The fourth-order valence-electron chi connectivity index (χ4n) is 9.01. The first-order valence-corrected chi connectivity index (χ1v) is 19.1. The maximum absolute atomic E-state index is 6.25. The third kappa shape index (κ3) is 4.53. The van der Waals surface area contributed by atoms with Crippen molar-refractivity contribution in [2.75, 3.05) is 4.90 Å². The molecule has 12 rings (SSSR count). The van der Waals surface area contributed by atoms with Crippen molar-refractivity contribution in [3.05, 3.63) is 200 Å². The molecule has 9 aromatic carbocycles. The van der Waals surface area contributed by atoms with Gasteiger partial charge < -0.3 is 18.5 Å². The molecule has 0 aliphatic rings. The predicted molar refractivity (Wildman–Crippen MR) is 235 cm³/mol. The van der Waals surface area contributed by atoms with Crippen molar-refractivity contribution >= 4 is 93.4 Å². The first-order valence-electron chi connectivity index (χ1n) is 19.1. The van der Waals surface area contributed by atoms with Crippen molar-refractivity contribution in [2.24, 2.45) is 0 Å². The predicted octanol–water partition coefficient (Wildman–Crippen LogP) is 14.4. The number of fused-ring (bicyclic) bond motifs is 10. The molecule has 0 unspecified atom stereocenters. The van der Waals surface area contributed by atoms with E-state index in [1.165, 1.54) is 43.4 Å². The van der Waals surface area contributed by atoms with Crippen molar-refractivity contribution in [2.45, 2.75) is 0 Å². The molecule has 0 saturated heterocycles. The van der Waals surface area contributed by atoms with Crippen molar-refractivity contribution in [3.8, 4) is 11.4 Å². The van der Waals surface area contributed by atoms with E-state index in [1.54, 1.807) is 0 Å². The number of benzene rings is 9. The lowest BCUT2D eigenvalue weighted by Crippen LogP contribution is -2.10. The maximum Gasteiger partial charge on any atom is 0.135 e. The van der Waals surface area contributed by atoms with Gasteiger partial charge in [-0.1, -0.05) is 115 Å². The monoisotopic (exact) mass is 715 g/mol. The summed E-state index contributed by atoms with van der Waals surface area (Å²) in [4.78, 5) is 2.42. The number of hydrogen-bond donors (Lipinski definition) is 0. The topological polar surface area (TPSA) is 26.2 Å². The van der Waals surface area contributed by atoms with Gasteiger partial charge in [0.05, 0.1) is 27.8 Å². The van der Waals surface area contributed by atoms with Gasteiger partial charge in [-0.15, -0.1) is 0 Å². The third-order valence-electron chi connectivity index (χ3n) is 11.5. The molecule has 0 saturated carbocycles. The highest BCUT2D eigenvalue weighted by molar-refractivity contribution is 6.17. The van der Waals surface area contributed by atoms with Gasteiger partial charge in [0.15, 0.2) is 0 Å². The SMILES string of the molecule is c1ccc(N(c2ccc3c4ccccc4n(-c4ccc5oc6ccccc6c5c4)c3c2)c2cccc3c2c2ccccc2n3-c2ccc3ccccc3c2)cc1. The van der Waals surface area contributed by atoms with E-state index in [2.05, 4.69) is 202 Å². The van der Waals surface area contributed by atoms with Gasteiger partial charge in [0, 0.05) is 55.1 Å². The number of anilines is 3. The summed E-state index contributed by atoms with van der Waals surface area (Å²) in [6, 6.07) is 72.2. The van der Waals surface area contributed by atoms with Gasteiger partial charge in [0.1, 0.15) is 11.2 Å². The van der Waals surface area contributed by atoms with Crippen molar-refractivity contribution in [3.63, 3.8) is 0 Å². The molecule has 0 N–H and O–H groups in total. The second-order valence-corrected chi connectivity index (χ2v) is 14.6. The first-order chi connectivity index (χ1) is 27.8. The van der Waals surface area contributed by atoms with E-state index >= 15 is 0 Å². The molecule has 262 valence electrons. The zero-order valence-corrected chi connectivity index (χ0v) is 30.3. The molecule has 3 aromatic heterocycles. The van der Waals surface area contributed by atoms with Crippen LogP contribution in [-0.4, -0.2) is 9.13 Å². The number of hydrogen-bond acceptors (Lipinski definition) is 2. The molecular formula is C52H33N3O. The Labute approximate surface area is 322 Å². The molecule has 0 radical (unpaired) electrons. The second kappa shape index (κ2) is 12.0. The molecule has 3 heterocycles. The lowest BCUT2D eigenvalue weighted by Gasteiger charge is -2.27. The van der Waals surface area contributed by atoms with Crippen LogP contribution in [0.15, 0.2) is 205 Å². The molecule has 4 nitrogen and oxygen atoms in total. The van der Waals surface area contributed by atoms with Crippen LogP contribution in [0.4, 0.5) is 17.1 Å². The molecule has 0 aliphatic carbocycles. The van der Waals surface area contributed by atoms with Crippen LogP contribution in [0.5, 0.6) is 0 Å². The summed E-state index contributed by atoms with van der Waals surface area (Å²) < 4.78 is 11.1. The fraction of sp³-hybridized carbons (Fsp3) is 0. The summed E-state index contributed by atoms with van der Waals surface area (Å²) >= 11 is 0. The summed E-state index contributed by atoms with van der Waals surface area (Å²) in [5, 5.41) is 9.54.